The number of benzene rings is 4. The first-order valence-electron chi connectivity index (χ1n) is 13.0. The highest BCUT2D eigenvalue weighted by molar-refractivity contribution is 5.83. The van der Waals surface area contributed by atoms with Gasteiger partial charge in [0, 0.05) is 11.1 Å². The molecule has 0 amide bonds. The summed E-state index contributed by atoms with van der Waals surface area (Å²) in [5.74, 6) is 0.602. The summed E-state index contributed by atoms with van der Waals surface area (Å²) < 4.78 is 11.1. The van der Waals surface area contributed by atoms with E-state index >= 15 is 0 Å². The Morgan fingerprint density at radius 2 is 0.925 bits per heavy atom. The molecule has 0 aliphatic carbocycles. The van der Waals surface area contributed by atoms with E-state index in [2.05, 4.69) is 9.97 Å². The van der Waals surface area contributed by atoms with Crippen molar-refractivity contribution in [1.82, 2.24) is 9.97 Å². The molecule has 0 atom stereocenters. The van der Waals surface area contributed by atoms with Gasteiger partial charge in [0.05, 0.1) is 21.8 Å². The molecule has 6 heteroatoms. The Hall–Kier alpha value is -5.10. The first-order chi connectivity index (χ1) is 19.2. The summed E-state index contributed by atoms with van der Waals surface area (Å²) in [7, 11) is 0. The molecule has 196 valence electrons. The number of fused-ring (bicyclic) bond motifs is 2. The van der Waals surface area contributed by atoms with Gasteiger partial charge in [-0.05, 0) is 97.5 Å². The second kappa shape index (κ2) is 9.89. The van der Waals surface area contributed by atoms with Crippen LogP contribution in [0.1, 0.15) is 33.4 Å². The van der Waals surface area contributed by atoms with Crippen LogP contribution in [0.15, 0.2) is 91.2 Å². The molecule has 4 aromatic carbocycles. The van der Waals surface area contributed by atoms with E-state index in [4.69, 9.17) is 8.83 Å². The minimum Gasteiger partial charge on any atom is -0.403 e. The van der Waals surface area contributed by atoms with Crippen LogP contribution in [0.2, 0.25) is 0 Å². The second-order valence-electron chi connectivity index (χ2n) is 10.1. The van der Waals surface area contributed by atoms with E-state index in [1.807, 2.05) is 101 Å². The minimum atomic E-state index is -0.386. The fourth-order valence-electron chi connectivity index (χ4n) is 4.98. The smallest absolute Gasteiger partial charge is 0.347 e. The highest BCUT2D eigenvalue weighted by Gasteiger charge is 2.12. The molecule has 0 bridgehead atoms. The predicted molar refractivity (Wildman–Crippen MR) is 159 cm³/mol. The normalized spacial score (nSPS) is 11.6. The zero-order valence-corrected chi connectivity index (χ0v) is 22.6. The number of hydrogen-bond acceptors (Lipinski definition) is 6. The number of hydrogen-bond donors (Lipinski definition) is 0. The number of nitrogens with zero attached hydrogens (tertiary/aromatic N) is 2. The lowest BCUT2D eigenvalue weighted by atomic mass is 10.1. The lowest BCUT2D eigenvalue weighted by Gasteiger charge is -2.06. The molecule has 0 radical (unpaired) electrons. The van der Waals surface area contributed by atoms with E-state index in [9.17, 15) is 9.59 Å². The Labute approximate surface area is 230 Å². The van der Waals surface area contributed by atoms with Gasteiger partial charge in [-0.2, -0.15) is 0 Å². The van der Waals surface area contributed by atoms with Gasteiger partial charge in [-0.3, -0.25) is 0 Å². The molecule has 0 N–H and O–H groups in total. The fraction of sp³-hybridized carbons (Fsp3) is 0.118. The van der Waals surface area contributed by atoms with Gasteiger partial charge < -0.3 is 8.83 Å². The van der Waals surface area contributed by atoms with Crippen LogP contribution < -0.4 is 11.3 Å². The zero-order valence-electron chi connectivity index (χ0n) is 22.6. The monoisotopic (exact) mass is 526 g/mol. The Bertz CT molecular complexity index is 1920. The second-order valence-corrected chi connectivity index (χ2v) is 10.1. The third kappa shape index (κ3) is 4.76. The standard InChI is InChI=1S/C34H26N2O4/c1-19-15-21(3)29-27(17-19)33(37)39-31(35-29)25-11-7-23(8-12-25)5-6-24-9-13-26(14-10-24)32-36-30-22(4)16-20(2)18-28(30)34(38)40-32/h5-18H,1-4H3/b6-5+. The van der Waals surface area contributed by atoms with Crippen molar-refractivity contribution in [2.45, 2.75) is 27.7 Å². The summed E-state index contributed by atoms with van der Waals surface area (Å²) in [6.45, 7) is 7.79. The van der Waals surface area contributed by atoms with Gasteiger partial charge in [0.2, 0.25) is 11.8 Å². The number of rotatable bonds is 4. The van der Waals surface area contributed by atoms with Crippen molar-refractivity contribution in [3.05, 3.63) is 127 Å². The Kier molecular flexibility index (Phi) is 6.23. The highest BCUT2D eigenvalue weighted by atomic mass is 16.4. The Balaban J connectivity index is 1.23. The molecular weight excluding hydrogens is 500 g/mol. The average Bonchev–Trinajstić information content (AvgIpc) is 2.93. The van der Waals surface area contributed by atoms with Gasteiger partial charge in [0.15, 0.2) is 0 Å². The Morgan fingerprint density at radius 3 is 1.30 bits per heavy atom. The molecule has 40 heavy (non-hydrogen) atoms. The topological polar surface area (TPSA) is 86.2 Å². The van der Waals surface area contributed by atoms with Gasteiger partial charge in [-0.1, -0.05) is 48.6 Å². The Morgan fingerprint density at radius 1 is 0.550 bits per heavy atom. The molecule has 6 nitrogen and oxygen atoms in total. The summed E-state index contributed by atoms with van der Waals surface area (Å²) in [5, 5.41) is 0.992. The molecular formula is C34H26N2O4. The first-order valence-corrected chi connectivity index (χ1v) is 13.0. The van der Waals surface area contributed by atoms with E-state index in [1.54, 1.807) is 12.1 Å². The van der Waals surface area contributed by atoms with E-state index < -0.39 is 0 Å². The largest absolute Gasteiger partial charge is 0.403 e. The maximum Gasteiger partial charge on any atom is 0.347 e. The SMILES string of the molecule is Cc1cc(C)c2nc(-c3ccc(/C=C/c4ccc(-c5nc6c(C)cc(C)cc6c(=O)o5)cc4)cc3)oc(=O)c2c1. The summed E-state index contributed by atoms with van der Waals surface area (Å²) in [6, 6.07) is 23.0. The fourth-order valence-corrected chi connectivity index (χ4v) is 4.98. The van der Waals surface area contributed by atoms with Gasteiger partial charge in [-0.15, -0.1) is 0 Å². The molecule has 0 aliphatic heterocycles. The van der Waals surface area contributed by atoms with Crippen LogP contribution in [0, 0.1) is 27.7 Å². The van der Waals surface area contributed by atoms with Crippen LogP contribution >= 0.6 is 0 Å². The highest BCUT2D eigenvalue weighted by Crippen LogP contribution is 2.24. The van der Waals surface area contributed by atoms with Crippen LogP contribution in [0.3, 0.4) is 0 Å². The van der Waals surface area contributed by atoms with E-state index in [1.165, 1.54) is 0 Å². The molecule has 0 fully saturated rings. The van der Waals surface area contributed by atoms with Gasteiger partial charge in [-0.25, -0.2) is 19.6 Å². The van der Waals surface area contributed by atoms with Crippen LogP contribution in [0.25, 0.3) is 56.9 Å². The quantitative estimate of drug-likeness (QED) is 0.222. The third-order valence-corrected chi connectivity index (χ3v) is 6.92. The van der Waals surface area contributed by atoms with E-state index in [0.717, 1.165) is 44.5 Å². The maximum atomic E-state index is 12.6. The lowest BCUT2D eigenvalue weighted by Crippen LogP contribution is -2.04. The maximum absolute atomic E-state index is 12.6. The average molecular weight is 527 g/mol. The zero-order chi connectivity index (χ0) is 28.0. The molecule has 0 unspecified atom stereocenters. The third-order valence-electron chi connectivity index (χ3n) is 6.92. The van der Waals surface area contributed by atoms with Crippen molar-refractivity contribution in [2.75, 3.05) is 0 Å². The lowest BCUT2D eigenvalue weighted by molar-refractivity contribution is 0.518. The minimum absolute atomic E-state index is 0.301. The van der Waals surface area contributed by atoms with Crippen molar-refractivity contribution in [3.63, 3.8) is 0 Å². The summed E-state index contributed by atoms with van der Waals surface area (Å²) >= 11 is 0. The van der Waals surface area contributed by atoms with Crippen LogP contribution in [-0.2, 0) is 0 Å². The number of aryl methyl sites for hydroxylation is 4. The van der Waals surface area contributed by atoms with Gasteiger partial charge >= 0.3 is 11.3 Å². The predicted octanol–water partition coefficient (Wildman–Crippen LogP) is 7.43. The van der Waals surface area contributed by atoms with Crippen LogP contribution in [0.4, 0.5) is 0 Å². The first kappa shape index (κ1) is 25.2. The summed E-state index contributed by atoms with van der Waals surface area (Å²) in [4.78, 5) is 34.4. The van der Waals surface area contributed by atoms with Crippen molar-refractivity contribution in [1.29, 1.82) is 0 Å². The molecule has 0 spiro atoms. The molecule has 6 aromatic rings. The molecule has 0 saturated heterocycles. The van der Waals surface area contributed by atoms with E-state index in [-0.39, 0.29) is 11.3 Å². The molecule has 0 saturated carbocycles. The van der Waals surface area contributed by atoms with E-state index in [0.29, 0.717) is 33.6 Å². The van der Waals surface area contributed by atoms with Gasteiger partial charge in [0.25, 0.3) is 0 Å². The summed E-state index contributed by atoms with van der Waals surface area (Å²) in [5.41, 5.74) is 7.86. The summed E-state index contributed by atoms with van der Waals surface area (Å²) in [6.07, 6.45) is 3.99. The molecule has 6 rings (SSSR count). The van der Waals surface area contributed by atoms with Crippen LogP contribution in [-0.4, -0.2) is 9.97 Å². The number of aromatic nitrogens is 2. The molecule has 2 heterocycles. The van der Waals surface area contributed by atoms with Crippen molar-refractivity contribution in [2.24, 2.45) is 0 Å². The van der Waals surface area contributed by atoms with Crippen molar-refractivity contribution >= 4 is 34.0 Å². The van der Waals surface area contributed by atoms with Crippen molar-refractivity contribution in [3.8, 4) is 22.9 Å². The molecule has 2 aromatic heterocycles. The van der Waals surface area contributed by atoms with Crippen molar-refractivity contribution < 1.29 is 8.83 Å². The van der Waals surface area contributed by atoms with Gasteiger partial charge in [0.1, 0.15) is 0 Å². The van der Waals surface area contributed by atoms with Crippen LogP contribution in [0.5, 0.6) is 0 Å². The molecule has 0 aliphatic rings.